The summed E-state index contributed by atoms with van der Waals surface area (Å²) in [5.74, 6) is 3.13. The van der Waals surface area contributed by atoms with Crippen LogP contribution in [0.25, 0.3) is 0 Å². The van der Waals surface area contributed by atoms with Crippen molar-refractivity contribution in [3.8, 4) is 5.75 Å². The first-order valence-electron chi connectivity index (χ1n) is 9.42. The third-order valence-corrected chi connectivity index (χ3v) is 5.84. The highest BCUT2D eigenvalue weighted by atomic mass is 35.5. The van der Waals surface area contributed by atoms with Gasteiger partial charge in [-0.3, -0.25) is 4.79 Å². The molecule has 0 spiro atoms. The van der Waals surface area contributed by atoms with E-state index in [-0.39, 0.29) is 24.9 Å². The Bertz CT molecular complexity index is 834. The average molecular weight is 426 g/mol. The molecule has 9 heteroatoms. The number of amides is 1. The SMILES string of the molecule is Cc1c(Cl)cccc1OCC(=O)N1CCC(c2nnc3n2CCNC3)CC1.Cl. The van der Waals surface area contributed by atoms with Crippen molar-refractivity contribution in [2.75, 3.05) is 26.2 Å². The van der Waals surface area contributed by atoms with Crippen LogP contribution in [0, 0.1) is 6.92 Å². The molecule has 1 fully saturated rings. The topological polar surface area (TPSA) is 72.3 Å². The third-order valence-electron chi connectivity index (χ3n) is 5.43. The molecule has 0 atom stereocenters. The number of aromatic nitrogens is 3. The summed E-state index contributed by atoms with van der Waals surface area (Å²) < 4.78 is 7.94. The molecule has 7 nitrogen and oxygen atoms in total. The number of hydrogen-bond donors (Lipinski definition) is 1. The molecule has 0 unspecified atom stereocenters. The summed E-state index contributed by atoms with van der Waals surface area (Å²) >= 11 is 6.10. The lowest BCUT2D eigenvalue weighted by Gasteiger charge is -2.32. The minimum Gasteiger partial charge on any atom is -0.483 e. The van der Waals surface area contributed by atoms with E-state index in [4.69, 9.17) is 16.3 Å². The van der Waals surface area contributed by atoms with Gasteiger partial charge in [-0.2, -0.15) is 0 Å². The zero-order valence-corrected chi connectivity index (χ0v) is 17.4. The predicted molar refractivity (Wildman–Crippen MR) is 109 cm³/mol. The minimum absolute atomic E-state index is 0. The highest BCUT2D eigenvalue weighted by molar-refractivity contribution is 6.31. The van der Waals surface area contributed by atoms with Crippen molar-refractivity contribution in [1.29, 1.82) is 0 Å². The van der Waals surface area contributed by atoms with Crippen molar-refractivity contribution in [1.82, 2.24) is 25.0 Å². The number of carbonyl (C=O) groups excluding carboxylic acids is 1. The van der Waals surface area contributed by atoms with Gasteiger partial charge >= 0.3 is 0 Å². The Hall–Kier alpha value is -1.83. The van der Waals surface area contributed by atoms with E-state index >= 15 is 0 Å². The number of ether oxygens (including phenoxy) is 1. The minimum atomic E-state index is 0. The van der Waals surface area contributed by atoms with Crippen molar-refractivity contribution in [2.24, 2.45) is 0 Å². The molecule has 2 aliphatic rings. The molecule has 1 N–H and O–H groups in total. The van der Waals surface area contributed by atoms with Gasteiger partial charge in [0.15, 0.2) is 6.61 Å². The average Bonchev–Trinajstić information content (AvgIpc) is 3.13. The molecule has 0 radical (unpaired) electrons. The number of piperidine rings is 1. The standard InChI is InChI=1S/C19H24ClN5O2.ClH/c1-13-15(20)3-2-4-16(13)27-12-18(26)24-8-5-14(6-9-24)19-23-22-17-11-21-7-10-25(17)19;/h2-4,14,21H,5-12H2,1H3;1H. The molecule has 2 aliphatic heterocycles. The fourth-order valence-electron chi connectivity index (χ4n) is 3.78. The van der Waals surface area contributed by atoms with Crippen LogP contribution in [0.15, 0.2) is 18.2 Å². The maximum absolute atomic E-state index is 12.5. The van der Waals surface area contributed by atoms with Crippen LogP contribution in [0.5, 0.6) is 5.75 Å². The summed E-state index contributed by atoms with van der Waals surface area (Å²) in [7, 11) is 0. The summed E-state index contributed by atoms with van der Waals surface area (Å²) in [6.07, 6.45) is 1.82. The van der Waals surface area contributed by atoms with Crippen LogP contribution in [0.3, 0.4) is 0 Å². The second-order valence-corrected chi connectivity index (χ2v) is 7.52. The lowest BCUT2D eigenvalue weighted by Crippen LogP contribution is -2.41. The molecule has 1 amide bonds. The van der Waals surface area contributed by atoms with Gasteiger partial charge in [-0.15, -0.1) is 22.6 Å². The van der Waals surface area contributed by atoms with Crippen LogP contribution in [-0.2, 0) is 17.9 Å². The molecule has 1 saturated heterocycles. The molecule has 1 aromatic heterocycles. The highest BCUT2D eigenvalue weighted by Crippen LogP contribution is 2.28. The first kappa shape index (κ1) is 20.9. The second kappa shape index (κ2) is 9.11. The lowest BCUT2D eigenvalue weighted by atomic mass is 9.95. The fraction of sp³-hybridized carbons (Fsp3) is 0.526. The number of nitrogens with zero attached hydrogens (tertiary/aromatic N) is 4. The van der Waals surface area contributed by atoms with Gasteiger partial charge in [0.2, 0.25) is 0 Å². The number of hydrogen-bond acceptors (Lipinski definition) is 5. The molecule has 0 bridgehead atoms. The van der Waals surface area contributed by atoms with Crippen molar-refractivity contribution in [2.45, 2.75) is 38.8 Å². The Morgan fingerprint density at radius 2 is 2.07 bits per heavy atom. The summed E-state index contributed by atoms with van der Waals surface area (Å²) in [4.78, 5) is 14.4. The summed E-state index contributed by atoms with van der Waals surface area (Å²) in [6.45, 7) is 6.04. The number of fused-ring (bicyclic) bond motifs is 1. The molecular formula is C19H25Cl2N5O2. The van der Waals surface area contributed by atoms with E-state index in [0.717, 1.165) is 62.8 Å². The van der Waals surface area contributed by atoms with E-state index in [1.54, 1.807) is 0 Å². The van der Waals surface area contributed by atoms with Crippen molar-refractivity contribution in [3.63, 3.8) is 0 Å². The van der Waals surface area contributed by atoms with E-state index < -0.39 is 0 Å². The largest absolute Gasteiger partial charge is 0.483 e. The van der Waals surface area contributed by atoms with Crippen LogP contribution in [-0.4, -0.2) is 51.8 Å². The molecule has 1 aromatic carbocycles. The maximum Gasteiger partial charge on any atom is 0.260 e. The molecule has 0 saturated carbocycles. The van der Waals surface area contributed by atoms with Gasteiger partial charge in [0.25, 0.3) is 5.91 Å². The molecule has 3 heterocycles. The number of carbonyl (C=O) groups is 1. The Morgan fingerprint density at radius 1 is 1.29 bits per heavy atom. The predicted octanol–water partition coefficient (Wildman–Crippen LogP) is 2.55. The number of benzene rings is 1. The first-order chi connectivity index (χ1) is 13.1. The van der Waals surface area contributed by atoms with Crippen LogP contribution in [0.4, 0.5) is 0 Å². The van der Waals surface area contributed by atoms with Crippen LogP contribution >= 0.6 is 24.0 Å². The number of halogens is 2. The van der Waals surface area contributed by atoms with E-state index in [1.807, 2.05) is 30.0 Å². The Kier molecular flexibility index (Phi) is 6.80. The molecule has 2 aromatic rings. The van der Waals surface area contributed by atoms with Gasteiger partial charge < -0.3 is 19.5 Å². The normalized spacial score (nSPS) is 17.0. The second-order valence-electron chi connectivity index (χ2n) is 7.11. The van der Waals surface area contributed by atoms with Gasteiger partial charge in [0, 0.05) is 42.7 Å². The van der Waals surface area contributed by atoms with Gasteiger partial charge in [-0.1, -0.05) is 17.7 Å². The Labute approximate surface area is 175 Å². The van der Waals surface area contributed by atoms with Crippen LogP contribution in [0.1, 0.15) is 36.0 Å². The van der Waals surface area contributed by atoms with Gasteiger partial charge in [0.1, 0.15) is 17.4 Å². The van der Waals surface area contributed by atoms with E-state index in [9.17, 15) is 4.79 Å². The first-order valence-corrected chi connectivity index (χ1v) is 9.79. The van der Waals surface area contributed by atoms with Gasteiger partial charge in [0.05, 0.1) is 6.54 Å². The number of likely N-dealkylation sites (tertiary alicyclic amines) is 1. The van der Waals surface area contributed by atoms with E-state index in [0.29, 0.717) is 16.7 Å². The van der Waals surface area contributed by atoms with Gasteiger partial charge in [-0.05, 0) is 31.9 Å². The van der Waals surface area contributed by atoms with Crippen LogP contribution in [0.2, 0.25) is 5.02 Å². The molecule has 152 valence electrons. The van der Waals surface area contributed by atoms with Crippen LogP contribution < -0.4 is 10.1 Å². The summed E-state index contributed by atoms with van der Waals surface area (Å²) in [6, 6.07) is 5.48. The van der Waals surface area contributed by atoms with Crippen molar-refractivity contribution in [3.05, 3.63) is 40.4 Å². The van der Waals surface area contributed by atoms with E-state index in [2.05, 4.69) is 20.1 Å². The maximum atomic E-state index is 12.5. The Morgan fingerprint density at radius 3 is 2.86 bits per heavy atom. The summed E-state index contributed by atoms with van der Waals surface area (Å²) in [5, 5.41) is 12.7. The third kappa shape index (κ3) is 4.26. The quantitative estimate of drug-likeness (QED) is 0.814. The highest BCUT2D eigenvalue weighted by Gasteiger charge is 2.28. The molecular weight excluding hydrogens is 401 g/mol. The smallest absolute Gasteiger partial charge is 0.260 e. The molecule has 28 heavy (non-hydrogen) atoms. The van der Waals surface area contributed by atoms with Crippen molar-refractivity contribution >= 4 is 29.9 Å². The monoisotopic (exact) mass is 425 g/mol. The zero-order chi connectivity index (χ0) is 18.8. The fourth-order valence-corrected chi connectivity index (χ4v) is 3.94. The molecule has 0 aliphatic carbocycles. The van der Waals surface area contributed by atoms with Crippen molar-refractivity contribution < 1.29 is 9.53 Å². The number of nitrogens with one attached hydrogen (secondary N) is 1. The van der Waals surface area contributed by atoms with Gasteiger partial charge in [-0.25, -0.2) is 0 Å². The summed E-state index contributed by atoms with van der Waals surface area (Å²) in [5.41, 5.74) is 0.858. The lowest BCUT2D eigenvalue weighted by molar-refractivity contribution is -0.134. The number of rotatable bonds is 4. The Balaban J connectivity index is 0.00000225. The zero-order valence-electron chi connectivity index (χ0n) is 15.9. The van der Waals surface area contributed by atoms with E-state index in [1.165, 1.54) is 0 Å². The molecule has 4 rings (SSSR count).